The van der Waals surface area contributed by atoms with E-state index in [1.165, 1.54) is 11.3 Å². The minimum atomic E-state index is 0.399. The molecule has 0 aliphatic rings. The van der Waals surface area contributed by atoms with Crippen LogP contribution in [0.15, 0.2) is 6.20 Å². The van der Waals surface area contributed by atoms with Crippen LogP contribution in [-0.2, 0) is 0 Å². The molecule has 1 heterocycles. The summed E-state index contributed by atoms with van der Waals surface area (Å²) in [6.45, 7) is 9.72. The molecule has 3 N–H and O–H groups in total. The van der Waals surface area contributed by atoms with Gasteiger partial charge in [-0.05, 0) is 20.0 Å². The number of thiazole rings is 1. The van der Waals surface area contributed by atoms with Crippen LogP contribution in [0.3, 0.4) is 0 Å². The summed E-state index contributed by atoms with van der Waals surface area (Å²) < 4.78 is 0. The molecule has 1 rings (SSSR count). The van der Waals surface area contributed by atoms with Crippen LogP contribution in [0.25, 0.3) is 0 Å². The maximum atomic E-state index is 5.61. The third kappa shape index (κ3) is 4.05. The Morgan fingerprint density at radius 1 is 1.53 bits per heavy atom. The smallest absolute Gasteiger partial charge is 0.184 e. The predicted octanol–water partition coefficient (Wildman–Crippen LogP) is 1.87. The standard InChI is InChI=1S/C10H20N4S/c1-4-14(5-2)7-8(3)13-10-12-6-9(11)15-10/h6,8H,4-5,7,11H2,1-3H3,(H,12,13). The SMILES string of the molecule is CCN(CC)CC(C)Nc1ncc(N)s1. The van der Waals surface area contributed by atoms with Crippen molar-refractivity contribution >= 4 is 21.5 Å². The monoisotopic (exact) mass is 228 g/mol. The molecule has 0 fully saturated rings. The summed E-state index contributed by atoms with van der Waals surface area (Å²) >= 11 is 1.50. The Labute approximate surface area is 95.5 Å². The van der Waals surface area contributed by atoms with Crippen LogP contribution < -0.4 is 11.1 Å². The molecule has 1 aromatic heterocycles. The summed E-state index contributed by atoms with van der Waals surface area (Å²) in [5.41, 5.74) is 5.61. The largest absolute Gasteiger partial charge is 0.389 e. The van der Waals surface area contributed by atoms with Gasteiger partial charge < -0.3 is 16.0 Å². The average Bonchev–Trinajstić information content (AvgIpc) is 2.60. The number of hydrogen-bond donors (Lipinski definition) is 2. The fourth-order valence-electron chi connectivity index (χ4n) is 1.48. The van der Waals surface area contributed by atoms with Crippen molar-refractivity contribution < 1.29 is 0 Å². The van der Waals surface area contributed by atoms with Gasteiger partial charge in [0.15, 0.2) is 5.13 Å². The number of anilines is 2. The zero-order valence-corrected chi connectivity index (χ0v) is 10.5. The van der Waals surface area contributed by atoms with E-state index in [1.807, 2.05) is 0 Å². The number of nitrogens with zero attached hydrogens (tertiary/aromatic N) is 2. The summed E-state index contributed by atoms with van der Waals surface area (Å²) in [4.78, 5) is 6.56. The Bertz CT molecular complexity index is 283. The van der Waals surface area contributed by atoms with Crippen molar-refractivity contribution in [3.05, 3.63) is 6.20 Å². The van der Waals surface area contributed by atoms with Crippen LogP contribution in [-0.4, -0.2) is 35.6 Å². The average molecular weight is 228 g/mol. The third-order valence-electron chi connectivity index (χ3n) is 2.32. The zero-order valence-electron chi connectivity index (χ0n) is 9.66. The molecule has 5 heteroatoms. The van der Waals surface area contributed by atoms with Gasteiger partial charge in [-0.1, -0.05) is 25.2 Å². The zero-order chi connectivity index (χ0) is 11.3. The molecule has 86 valence electrons. The van der Waals surface area contributed by atoms with Crippen molar-refractivity contribution in [3.63, 3.8) is 0 Å². The van der Waals surface area contributed by atoms with Gasteiger partial charge >= 0.3 is 0 Å². The molecule has 0 saturated heterocycles. The summed E-state index contributed by atoms with van der Waals surface area (Å²) in [5.74, 6) is 0. The minimum absolute atomic E-state index is 0.399. The van der Waals surface area contributed by atoms with Crippen LogP contribution >= 0.6 is 11.3 Å². The summed E-state index contributed by atoms with van der Waals surface area (Å²) in [6, 6.07) is 0.399. The van der Waals surface area contributed by atoms with E-state index < -0.39 is 0 Å². The lowest BCUT2D eigenvalue weighted by molar-refractivity contribution is 0.295. The van der Waals surface area contributed by atoms with Crippen LogP contribution in [0.5, 0.6) is 0 Å². The van der Waals surface area contributed by atoms with E-state index >= 15 is 0 Å². The molecule has 15 heavy (non-hydrogen) atoms. The van der Waals surface area contributed by atoms with E-state index in [0.29, 0.717) is 6.04 Å². The van der Waals surface area contributed by atoms with Gasteiger partial charge in [-0.25, -0.2) is 4.98 Å². The van der Waals surface area contributed by atoms with E-state index in [2.05, 4.69) is 36.0 Å². The number of nitrogens with two attached hydrogens (primary N) is 1. The fraction of sp³-hybridized carbons (Fsp3) is 0.700. The molecule has 0 spiro atoms. The molecule has 0 aliphatic carbocycles. The van der Waals surface area contributed by atoms with Gasteiger partial charge in [0, 0.05) is 12.6 Å². The van der Waals surface area contributed by atoms with Gasteiger partial charge in [-0.15, -0.1) is 0 Å². The van der Waals surface area contributed by atoms with Crippen molar-refractivity contribution in [2.45, 2.75) is 26.8 Å². The second kappa shape index (κ2) is 5.92. The molecular formula is C10H20N4S. The molecule has 0 saturated carbocycles. The first-order chi connectivity index (χ1) is 7.15. The van der Waals surface area contributed by atoms with Crippen LogP contribution in [0.4, 0.5) is 10.1 Å². The van der Waals surface area contributed by atoms with Gasteiger partial charge in [0.1, 0.15) is 5.00 Å². The third-order valence-corrected chi connectivity index (χ3v) is 3.08. The number of aromatic nitrogens is 1. The predicted molar refractivity (Wildman–Crippen MR) is 67.4 cm³/mol. The Kier molecular flexibility index (Phi) is 4.84. The second-order valence-electron chi connectivity index (χ2n) is 3.60. The first-order valence-electron chi connectivity index (χ1n) is 5.35. The van der Waals surface area contributed by atoms with Gasteiger partial charge in [0.25, 0.3) is 0 Å². The molecule has 4 nitrogen and oxygen atoms in total. The van der Waals surface area contributed by atoms with E-state index in [-0.39, 0.29) is 0 Å². The number of rotatable bonds is 6. The van der Waals surface area contributed by atoms with E-state index in [9.17, 15) is 0 Å². The Balaban J connectivity index is 2.38. The molecule has 0 bridgehead atoms. The fourth-order valence-corrected chi connectivity index (χ4v) is 2.17. The van der Waals surface area contributed by atoms with Crippen molar-refractivity contribution in [1.82, 2.24) is 9.88 Å². The van der Waals surface area contributed by atoms with Crippen LogP contribution in [0, 0.1) is 0 Å². The summed E-state index contributed by atoms with van der Waals surface area (Å²) in [5, 5.41) is 5.01. The lowest BCUT2D eigenvalue weighted by Gasteiger charge is -2.23. The Morgan fingerprint density at radius 3 is 2.67 bits per heavy atom. The Hall–Kier alpha value is -0.810. The molecule has 0 aliphatic heterocycles. The molecular weight excluding hydrogens is 208 g/mol. The highest BCUT2D eigenvalue weighted by molar-refractivity contribution is 7.19. The van der Waals surface area contributed by atoms with Gasteiger partial charge in [0.05, 0.1) is 6.20 Å². The van der Waals surface area contributed by atoms with Crippen molar-refractivity contribution in [2.75, 3.05) is 30.7 Å². The number of nitrogen functional groups attached to an aromatic ring is 1. The van der Waals surface area contributed by atoms with E-state index in [1.54, 1.807) is 6.20 Å². The first-order valence-corrected chi connectivity index (χ1v) is 6.17. The lowest BCUT2D eigenvalue weighted by Crippen LogP contribution is -2.34. The quantitative estimate of drug-likeness (QED) is 0.780. The molecule has 1 atom stereocenters. The summed E-state index contributed by atoms with van der Waals surface area (Å²) in [7, 11) is 0. The number of nitrogens with one attached hydrogen (secondary N) is 1. The minimum Gasteiger partial charge on any atom is -0.389 e. The van der Waals surface area contributed by atoms with Crippen LogP contribution in [0.1, 0.15) is 20.8 Å². The van der Waals surface area contributed by atoms with Crippen molar-refractivity contribution in [2.24, 2.45) is 0 Å². The second-order valence-corrected chi connectivity index (χ2v) is 4.66. The lowest BCUT2D eigenvalue weighted by atomic mass is 10.3. The number of hydrogen-bond acceptors (Lipinski definition) is 5. The number of likely N-dealkylation sites (N-methyl/N-ethyl adjacent to an activating group) is 1. The van der Waals surface area contributed by atoms with Gasteiger partial charge in [-0.2, -0.15) is 0 Å². The highest BCUT2D eigenvalue weighted by Gasteiger charge is 2.08. The maximum Gasteiger partial charge on any atom is 0.184 e. The van der Waals surface area contributed by atoms with Gasteiger partial charge in [-0.3, -0.25) is 0 Å². The van der Waals surface area contributed by atoms with Gasteiger partial charge in [0.2, 0.25) is 0 Å². The first kappa shape index (κ1) is 12.3. The normalized spacial score (nSPS) is 13.1. The maximum absolute atomic E-state index is 5.61. The molecule has 1 unspecified atom stereocenters. The van der Waals surface area contributed by atoms with Crippen molar-refractivity contribution in [3.8, 4) is 0 Å². The van der Waals surface area contributed by atoms with Crippen LogP contribution in [0.2, 0.25) is 0 Å². The Morgan fingerprint density at radius 2 is 2.20 bits per heavy atom. The highest BCUT2D eigenvalue weighted by Crippen LogP contribution is 2.20. The van der Waals surface area contributed by atoms with E-state index in [0.717, 1.165) is 29.8 Å². The topological polar surface area (TPSA) is 54.2 Å². The molecule has 0 radical (unpaired) electrons. The molecule has 0 amide bonds. The van der Waals surface area contributed by atoms with E-state index in [4.69, 9.17) is 5.73 Å². The molecule has 1 aromatic rings. The van der Waals surface area contributed by atoms with Crippen molar-refractivity contribution in [1.29, 1.82) is 0 Å². The summed E-state index contributed by atoms with van der Waals surface area (Å²) in [6.07, 6.45) is 1.69. The highest BCUT2D eigenvalue weighted by atomic mass is 32.1. The molecule has 0 aromatic carbocycles.